The molecule has 166 valence electrons. The Kier molecular flexibility index (Phi) is 7.93. The lowest BCUT2D eigenvalue weighted by Gasteiger charge is -2.30. The van der Waals surface area contributed by atoms with Crippen LogP contribution in [0, 0.1) is 5.92 Å². The Bertz CT molecular complexity index is 891. The third-order valence-electron chi connectivity index (χ3n) is 5.66. The average molecular weight is 424 g/mol. The lowest BCUT2D eigenvalue weighted by atomic mass is 9.98. The minimum atomic E-state index is -0.176. The van der Waals surface area contributed by atoms with Crippen LogP contribution in [0.3, 0.4) is 0 Å². The molecule has 0 spiro atoms. The number of hydrogen-bond acceptors (Lipinski definition) is 4. The first-order valence-electron chi connectivity index (χ1n) is 11.1. The summed E-state index contributed by atoms with van der Waals surface area (Å²) in [5, 5.41) is 5.99. The summed E-state index contributed by atoms with van der Waals surface area (Å²) in [6.45, 7) is 8.03. The molecule has 0 radical (unpaired) electrons. The van der Waals surface area contributed by atoms with Crippen LogP contribution in [0.1, 0.15) is 50.4 Å². The molecule has 2 aromatic carbocycles. The molecular weight excluding hydrogens is 390 g/mol. The molecule has 0 aromatic heterocycles. The fourth-order valence-electron chi connectivity index (χ4n) is 3.51. The second kappa shape index (κ2) is 10.8. The van der Waals surface area contributed by atoms with Crippen molar-refractivity contribution in [1.82, 2.24) is 4.90 Å². The van der Waals surface area contributed by atoms with Crippen molar-refractivity contribution in [3.05, 3.63) is 54.1 Å². The molecule has 1 heterocycles. The molecule has 6 nitrogen and oxygen atoms in total. The number of nitrogens with one attached hydrogen (secondary N) is 2. The molecule has 6 heteroatoms. The predicted molar refractivity (Wildman–Crippen MR) is 125 cm³/mol. The molecule has 0 bridgehead atoms. The molecule has 1 unspecified atom stereocenters. The van der Waals surface area contributed by atoms with Crippen molar-refractivity contribution in [2.45, 2.75) is 46.1 Å². The first-order chi connectivity index (χ1) is 14.9. The third kappa shape index (κ3) is 6.74. The van der Waals surface area contributed by atoms with E-state index < -0.39 is 0 Å². The number of amides is 2. The van der Waals surface area contributed by atoms with E-state index >= 15 is 0 Å². The van der Waals surface area contributed by atoms with Crippen molar-refractivity contribution in [3.8, 4) is 5.75 Å². The molecule has 31 heavy (non-hydrogen) atoms. The van der Waals surface area contributed by atoms with Crippen molar-refractivity contribution in [1.29, 1.82) is 0 Å². The van der Waals surface area contributed by atoms with E-state index in [0.29, 0.717) is 17.2 Å². The molecule has 1 saturated heterocycles. The standard InChI is InChI=1S/C25H33N3O3/c1-4-19(3)31-23-10-6-8-21(16-23)26-17-24(29)27-22-9-5-7-20(15-22)25(30)28-13-11-18(2)12-14-28/h5-10,15-16,18-19,26H,4,11-14,17H2,1-3H3,(H,27,29). The number of anilines is 2. The fourth-order valence-corrected chi connectivity index (χ4v) is 3.51. The number of carbonyl (C=O) groups excluding carboxylic acids is 2. The van der Waals surface area contributed by atoms with Gasteiger partial charge < -0.3 is 20.3 Å². The maximum Gasteiger partial charge on any atom is 0.253 e. The van der Waals surface area contributed by atoms with E-state index in [2.05, 4.69) is 24.5 Å². The van der Waals surface area contributed by atoms with Gasteiger partial charge in [-0.2, -0.15) is 0 Å². The van der Waals surface area contributed by atoms with Crippen LogP contribution in [0.4, 0.5) is 11.4 Å². The van der Waals surface area contributed by atoms with Crippen molar-refractivity contribution < 1.29 is 14.3 Å². The molecule has 0 aliphatic carbocycles. The number of ether oxygens (including phenoxy) is 1. The highest BCUT2D eigenvalue weighted by Gasteiger charge is 2.21. The van der Waals surface area contributed by atoms with Crippen molar-refractivity contribution in [2.75, 3.05) is 30.3 Å². The number of likely N-dealkylation sites (tertiary alicyclic amines) is 1. The van der Waals surface area contributed by atoms with Crippen molar-refractivity contribution in [2.24, 2.45) is 5.92 Å². The predicted octanol–water partition coefficient (Wildman–Crippen LogP) is 4.79. The Balaban J connectivity index is 1.53. The van der Waals surface area contributed by atoms with E-state index in [4.69, 9.17) is 4.74 Å². The smallest absolute Gasteiger partial charge is 0.253 e. The van der Waals surface area contributed by atoms with Crippen LogP contribution >= 0.6 is 0 Å². The number of carbonyl (C=O) groups is 2. The fraction of sp³-hybridized carbons (Fsp3) is 0.440. The molecule has 1 fully saturated rings. The highest BCUT2D eigenvalue weighted by molar-refractivity contribution is 5.98. The first-order valence-corrected chi connectivity index (χ1v) is 11.1. The third-order valence-corrected chi connectivity index (χ3v) is 5.66. The zero-order valence-corrected chi connectivity index (χ0v) is 18.7. The Hall–Kier alpha value is -3.02. The van der Waals surface area contributed by atoms with Gasteiger partial charge in [0.05, 0.1) is 12.6 Å². The molecule has 2 aromatic rings. The van der Waals surface area contributed by atoms with E-state index in [0.717, 1.165) is 43.8 Å². The molecular formula is C25H33N3O3. The lowest BCUT2D eigenvalue weighted by molar-refractivity contribution is -0.114. The Morgan fingerprint density at radius 1 is 1.10 bits per heavy atom. The van der Waals surface area contributed by atoms with Gasteiger partial charge in [0.25, 0.3) is 5.91 Å². The van der Waals surface area contributed by atoms with E-state index in [-0.39, 0.29) is 24.5 Å². The molecule has 0 saturated carbocycles. The van der Waals surface area contributed by atoms with Gasteiger partial charge in [0.1, 0.15) is 5.75 Å². The SMILES string of the molecule is CCC(C)Oc1cccc(NCC(=O)Nc2cccc(C(=O)N3CCC(C)CC3)c2)c1. The Morgan fingerprint density at radius 2 is 1.81 bits per heavy atom. The minimum Gasteiger partial charge on any atom is -0.491 e. The number of benzene rings is 2. The highest BCUT2D eigenvalue weighted by Crippen LogP contribution is 2.21. The Morgan fingerprint density at radius 3 is 2.55 bits per heavy atom. The van der Waals surface area contributed by atoms with Crippen LogP contribution in [-0.2, 0) is 4.79 Å². The number of piperidine rings is 1. The van der Waals surface area contributed by atoms with Gasteiger partial charge in [-0.25, -0.2) is 0 Å². The molecule has 1 aliphatic rings. The van der Waals surface area contributed by atoms with E-state index in [1.165, 1.54) is 0 Å². The molecule has 2 N–H and O–H groups in total. The van der Waals surface area contributed by atoms with E-state index in [9.17, 15) is 9.59 Å². The van der Waals surface area contributed by atoms with Crippen LogP contribution in [-0.4, -0.2) is 42.5 Å². The monoisotopic (exact) mass is 423 g/mol. The van der Waals surface area contributed by atoms with Gasteiger partial charge in [-0.3, -0.25) is 9.59 Å². The number of hydrogen-bond donors (Lipinski definition) is 2. The van der Waals surface area contributed by atoms with Crippen LogP contribution in [0.25, 0.3) is 0 Å². The zero-order chi connectivity index (χ0) is 22.2. The van der Waals surface area contributed by atoms with Gasteiger partial charge in [0, 0.05) is 36.1 Å². The lowest BCUT2D eigenvalue weighted by Crippen LogP contribution is -2.37. The molecule has 1 atom stereocenters. The summed E-state index contributed by atoms with van der Waals surface area (Å²) in [5.41, 5.74) is 2.05. The zero-order valence-electron chi connectivity index (χ0n) is 18.7. The summed E-state index contributed by atoms with van der Waals surface area (Å²) in [6.07, 6.45) is 3.15. The van der Waals surface area contributed by atoms with Gasteiger partial charge in [-0.05, 0) is 62.4 Å². The average Bonchev–Trinajstić information content (AvgIpc) is 2.78. The number of nitrogens with zero attached hydrogens (tertiary/aromatic N) is 1. The minimum absolute atomic E-state index is 0.0271. The van der Waals surface area contributed by atoms with Crippen LogP contribution < -0.4 is 15.4 Å². The van der Waals surface area contributed by atoms with Gasteiger partial charge in [-0.15, -0.1) is 0 Å². The van der Waals surface area contributed by atoms with Gasteiger partial charge in [-0.1, -0.05) is 26.0 Å². The maximum atomic E-state index is 12.8. The van der Waals surface area contributed by atoms with Gasteiger partial charge in [0.2, 0.25) is 5.91 Å². The van der Waals surface area contributed by atoms with Gasteiger partial charge in [0.15, 0.2) is 0 Å². The maximum absolute atomic E-state index is 12.8. The summed E-state index contributed by atoms with van der Waals surface area (Å²) >= 11 is 0. The van der Waals surface area contributed by atoms with E-state index in [1.54, 1.807) is 24.3 Å². The second-order valence-corrected chi connectivity index (χ2v) is 8.32. The largest absolute Gasteiger partial charge is 0.491 e. The summed E-state index contributed by atoms with van der Waals surface area (Å²) in [5.74, 6) is 1.30. The molecule has 1 aliphatic heterocycles. The summed E-state index contributed by atoms with van der Waals surface area (Å²) in [6, 6.07) is 14.7. The summed E-state index contributed by atoms with van der Waals surface area (Å²) in [4.78, 5) is 27.1. The molecule has 3 rings (SSSR count). The number of rotatable bonds is 8. The van der Waals surface area contributed by atoms with Crippen LogP contribution in [0.2, 0.25) is 0 Å². The van der Waals surface area contributed by atoms with Crippen LogP contribution in [0.5, 0.6) is 5.75 Å². The highest BCUT2D eigenvalue weighted by atomic mass is 16.5. The van der Waals surface area contributed by atoms with E-state index in [1.807, 2.05) is 36.1 Å². The summed E-state index contributed by atoms with van der Waals surface area (Å²) < 4.78 is 5.82. The van der Waals surface area contributed by atoms with Gasteiger partial charge >= 0.3 is 0 Å². The first kappa shape index (κ1) is 22.7. The summed E-state index contributed by atoms with van der Waals surface area (Å²) in [7, 11) is 0. The Labute approximate surface area is 185 Å². The topological polar surface area (TPSA) is 70.7 Å². The molecule has 2 amide bonds. The normalized spacial score (nSPS) is 15.3. The van der Waals surface area contributed by atoms with Crippen molar-refractivity contribution >= 4 is 23.2 Å². The second-order valence-electron chi connectivity index (χ2n) is 8.32. The van der Waals surface area contributed by atoms with Crippen molar-refractivity contribution in [3.63, 3.8) is 0 Å². The quantitative estimate of drug-likeness (QED) is 0.641. The van der Waals surface area contributed by atoms with Crippen LogP contribution in [0.15, 0.2) is 48.5 Å².